The van der Waals surface area contributed by atoms with Crippen molar-refractivity contribution in [3.63, 3.8) is 0 Å². The van der Waals surface area contributed by atoms with Gasteiger partial charge in [0.05, 0.1) is 13.2 Å². The minimum atomic E-state index is -3.68. The van der Waals surface area contributed by atoms with Crippen LogP contribution in [0.2, 0.25) is 0 Å². The summed E-state index contributed by atoms with van der Waals surface area (Å²) in [6.45, 7) is 22.8. The summed E-state index contributed by atoms with van der Waals surface area (Å²) in [5.74, 6) is 0. The molecule has 3 nitrogen and oxygen atoms in total. The molecule has 0 N–H and O–H groups in total. The van der Waals surface area contributed by atoms with Crippen LogP contribution in [0.5, 0.6) is 0 Å². The van der Waals surface area contributed by atoms with Gasteiger partial charge in [-0.1, -0.05) is 117 Å². The zero-order chi connectivity index (χ0) is 27.9. The topological polar surface area (TPSA) is 35.5 Å². The predicted octanol–water partition coefficient (Wildman–Crippen LogP) is 9.43. The molecule has 3 aromatic rings. The molecule has 2 aliphatic heterocycles. The molecular formula is C34H43O3P. The summed E-state index contributed by atoms with van der Waals surface area (Å²) >= 11 is 0. The fourth-order valence-electron chi connectivity index (χ4n) is 5.91. The van der Waals surface area contributed by atoms with Crippen LogP contribution in [-0.4, -0.2) is 0 Å². The van der Waals surface area contributed by atoms with E-state index in [2.05, 4.69) is 124 Å². The van der Waals surface area contributed by atoms with Crippen LogP contribution in [0.25, 0.3) is 0 Å². The number of aryl methyl sites for hydroxylation is 1. The molecule has 0 bridgehead atoms. The van der Waals surface area contributed by atoms with Gasteiger partial charge in [-0.3, -0.25) is 4.57 Å². The minimum Gasteiger partial charge on any atom is -0.303 e. The minimum absolute atomic E-state index is 0.0631. The van der Waals surface area contributed by atoms with Crippen LogP contribution in [0, 0.1) is 6.92 Å². The number of fused-ring (bicyclic) bond motifs is 5. The van der Waals surface area contributed by atoms with Crippen LogP contribution in [0.15, 0.2) is 54.6 Å². The lowest BCUT2D eigenvalue weighted by atomic mass is 9.73. The second kappa shape index (κ2) is 8.65. The van der Waals surface area contributed by atoms with Gasteiger partial charge >= 0.3 is 7.60 Å². The smallest absolute Gasteiger partial charge is 0.303 e. The molecule has 0 spiro atoms. The maximum Gasteiger partial charge on any atom is 0.350 e. The molecule has 38 heavy (non-hydrogen) atoms. The van der Waals surface area contributed by atoms with E-state index in [0.717, 1.165) is 33.4 Å². The number of hydrogen-bond acceptors (Lipinski definition) is 3. The Balaban J connectivity index is 2.00. The van der Waals surface area contributed by atoms with Crippen molar-refractivity contribution in [2.75, 3.05) is 0 Å². The van der Waals surface area contributed by atoms with Gasteiger partial charge in [-0.05, 0) is 73.2 Å². The van der Waals surface area contributed by atoms with E-state index in [1.165, 1.54) is 16.7 Å². The number of benzene rings is 3. The van der Waals surface area contributed by atoms with Gasteiger partial charge in [0.25, 0.3) is 0 Å². The van der Waals surface area contributed by atoms with Crippen molar-refractivity contribution in [3.8, 4) is 0 Å². The number of hydrogen-bond donors (Lipinski definition) is 0. The molecule has 0 radical (unpaired) electrons. The Bertz CT molecular complexity index is 1390. The first-order valence-electron chi connectivity index (χ1n) is 13.8. The highest BCUT2D eigenvalue weighted by atomic mass is 31.2. The Hall–Kier alpha value is -2.19. The molecule has 5 rings (SSSR count). The third kappa shape index (κ3) is 4.14. The lowest BCUT2D eigenvalue weighted by molar-refractivity contribution is 0.160. The van der Waals surface area contributed by atoms with Crippen LogP contribution in [0.3, 0.4) is 0 Å². The molecule has 3 aromatic carbocycles. The fraction of sp³-hybridized carbons (Fsp3) is 0.471. The van der Waals surface area contributed by atoms with Crippen molar-refractivity contribution < 1.29 is 13.6 Å². The Labute approximate surface area is 229 Å². The van der Waals surface area contributed by atoms with Crippen molar-refractivity contribution in [1.82, 2.24) is 0 Å². The number of rotatable bonds is 1. The molecule has 0 saturated carbocycles. The highest BCUT2D eigenvalue weighted by molar-refractivity contribution is 7.56. The summed E-state index contributed by atoms with van der Waals surface area (Å²) in [6.07, 6.45) is 0. The Kier molecular flexibility index (Phi) is 6.24. The third-order valence-electron chi connectivity index (χ3n) is 8.42. The van der Waals surface area contributed by atoms with E-state index < -0.39 is 12.8 Å². The SMILES string of the molecule is Cc1ccc(C(C)(C)C)cc1C12c3cc(C(C)(C)C)ccc3COP1(=O)OCc1ccc(C(C)(C)C)cc12. The molecule has 0 saturated heterocycles. The molecule has 0 aliphatic carbocycles. The lowest BCUT2D eigenvalue weighted by Crippen LogP contribution is -2.40. The van der Waals surface area contributed by atoms with Gasteiger partial charge in [-0.15, -0.1) is 0 Å². The Morgan fingerprint density at radius 2 is 0.974 bits per heavy atom. The zero-order valence-electron chi connectivity index (χ0n) is 24.8. The second-order valence-corrected chi connectivity index (χ2v) is 16.5. The van der Waals surface area contributed by atoms with E-state index in [-0.39, 0.29) is 29.5 Å². The van der Waals surface area contributed by atoms with Gasteiger partial charge in [0.2, 0.25) is 0 Å². The lowest BCUT2D eigenvalue weighted by Gasteiger charge is -2.49. The highest BCUT2D eigenvalue weighted by Gasteiger charge is 2.61. The average Bonchev–Trinajstić information content (AvgIpc) is 2.81. The van der Waals surface area contributed by atoms with Crippen molar-refractivity contribution in [2.24, 2.45) is 0 Å². The van der Waals surface area contributed by atoms with Crippen molar-refractivity contribution in [3.05, 3.63) is 105 Å². The maximum absolute atomic E-state index is 15.3. The van der Waals surface area contributed by atoms with E-state index in [0.29, 0.717) is 0 Å². The molecule has 0 amide bonds. The first-order chi connectivity index (χ1) is 17.5. The molecule has 0 fully saturated rings. The van der Waals surface area contributed by atoms with E-state index in [1.807, 2.05) is 0 Å². The molecule has 4 heteroatoms. The first-order valence-corrected chi connectivity index (χ1v) is 15.3. The van der Waals surface area contributed by atoms with E-state index in [4.69, 9.17) is 9.05 Å². The quantitative estimate of drug-likeness (QED) is 0.294. The third-order valence-corrected chi connectivity index (χ3v) is 10.9. The van der Waals surface area contributed by atoms with Gasteiger partial charge in [0, 0.05) is 0 Å². The van der Waals surface area contributed by atoms with E-state index in [1.54, 1.807) is 0 Å². The Morgan fingerprint density at radius 1 is 0.605 bits per heavy atom. The molecular weight excluding hydrogens is 487 g/mol. The summed E-state index contributed by atoms with van der Waals surface area (Å²) in [5.41, 5.74) is 9.81. The van der Waals surface area contributed by atoms with Crippen molar-refractivity contribution >= 4 is 7.60 Å². The molecule has 0 aromatic heterocycles. The van der Waals surface area contributed by atoms with Gasteiger partial charge in [-0.25, -0.2) is 0 Å². The highest BCUT2D eigenvalue weighted by Crippen LogP contribution is 2.76. The molecule has 0 unspecified atom stereocenters. The summed E-state index contributed by atoms with van der Waals surface area (Å²) < 4.78 is 28.0. The molecule has 2 aliphatic rings. The van der Waals surface area contributed by atoms with Gasteiger partial charge in [0.1, 0.15) is 5.16 Å². The summed E-state index contributed by atoms with van der Waals surface area (Å²) in [7, 11) is -3.68. The van der Waals surface area contributed by atoms with Crippen LogP contribution < -0.4 is 0 Å². The van der Waals surface area contributed by atoms with E-state index >= 15 is 4.57 Å². The van der Waals surface area contributed by atoms with Crippen LogP contribution in [0.4, 0.5) is 0 Å². The van der Waals surface area contributed by atoms with Crippen molar-refractivity contribution in [1.29, 1.82) is 0 Å². The fourth-order valence-corrected chi connectivity index (χ4v) is 8.53. The predicted molar refractivity (Wildman–Crippen MR) is 157 cm³/mol. The standard InChI is InChI=1S/C34H43O3P/c1-22-11-14-25(31(2,3)4)17-28(22)34-29-18-26(32(5,6)7)15-12-23(29)20-36-38(34,35)37-21-24-13-16-27(19-30(24)34)33(8,9)10/h11-19H,20-21H2,1-10H3. The molecule has 2 heterocycles. The Morgan fingerprint density at radius 3 is 1.37 bits per heavy atom. The van der Waals surface area contributed by atoms with Gasteiger partial charge < -0.3 is 9.05 Å². The van der Waals surface area contributed by atoms with Crippen LogP contribution in [0.1, 0.15) is 112 Å². The average molecular weight is 531 g/mol. The van der Waals surface area contributed by atoms with E-state index in [9.17, 15) is 0 Å². The molecule has 202 valence electrons. The monoisotopic (exact) mass is 530 g/mol. The first kappa shape index (κ1) is 27.4. The largest absolute Gasteiger partial charge is 0.350 e. The van der Waals surface area contributed by atoms with Crippen molar-refractivity contribution in [2.45, 2.75) is 104 Å². The normalized spacial score (nSPS) is 23.4. The van der Waals surface area contributed by atoms with Gasteiger partial charge in [0.15, 0.2) is 0 Å². The van der Waals surface area contributed by atoms with Gasteiger partial charge in [-0.2, -0.15) is 0 Å². The second-order valence-electron chi connectivity index (χ2n) is 14.3. The maximum atomic E-state index is 15.3. The summed E-state index contributed by atoms with van der Waals surface area (Å²) in [5, 5.41) is -1.05. The summed E-state index contributed by atoms with van der Waals surface area (Å²) in [4.78, 5) is 0. The van der Waals surface area contributed by atoms with Crippen LogP contribution in [-0.2, 0) is 48.2 Å². The van der Waals surface area contributed by atoms with Crippen LogP contribution >= 0.6 is 7.60 Å². The summed E-state index contributed by atoms with van der Waals surface area (Å²) in [6, 6.07) is 20.0. The zero-order valence-corrected chi connectivity index (χ0v) is 25.7. The molecule has 0 atom stereocenters.